The molecule has 0 aliphatic rings. The fourth-order valence-corrected chi connectivity index (χ4v) is 3.00. The zero-order valence-electron chi connectivity index (χ0n) is 10.0. The number of aromatic carboxylic acids is 1. The van der Waals surface area contributed by atoms with Gasteiger partial charge in [0.25, 0.3) is 6.92 Å². The molecule has 0 saturated heterocycles. The number of hydrogen-bond acceptors (Lipinski definition) is 4. The maximum absolute atomic E-state index is 11.7. The Labute approximate surface area is 106 Å². The van der Waals surface area contributed by atoms with Crippen LogP contribution >= 0.6 is 0 Å². The lowest BCUT2D eigenvalue weighted by molar-refractivity contribution is 0.0696. The third-order valence-electron chi connectivity index (χ3n) is 2.41. The monoisotopic (exact) mass is 270 g/mol. The predicted molar refractivity (Wildman–Crippen MR) is 69.5 cm³/mol. The van der Waals surface area contributed by atoms with E-state index in [4.69, 9.17) is 10.1 Å². The van der Waals surface area contributed by atoms with Gasteiger partial charge in [-0.05, 0) is 24.0 Å². The molecule has 0 bridgehead atoms. The molecule has 98 valence electrons. The maximum Gasteiger partial charge on any atom is 0.335 e. The van der Waals surface area contributed by atoms with Gasteiger partial charge in [0.1, 0.15) is 0 Å². The number of carbonyl (C=O) groups is 1. The molecule has 1 rings (SSSR count). The van der Waals surface area contributed by atoms with Gasteiger partial charge in [-0.25, -0.2) is 13.2 Å². The van der Waals surface area contributed by atoms with Gasteiger partial charge in [-0.3, -0.25) is 0 Å². The Hall–Kier alpha value is -1.34. The van der Waals surface area contributed by atoms with Gasteiger partial charge in [0.15, 0.2) is 9.84 Å². The summed E-state index contributed by atoms with van der Waals surface area (Å²) >= 11 is 0. The maximum atomic E-state index is 11.7. The van der Waals surface area contributed by atoms with Crippen LogP contribution in [0.3, 0.4) is 0 Å². The fourth-order valence-electron chi connectivity index (χ4n) is 1.47. The molecule has 1 aromatic carbocycles. The highest BCUT2D eigenvalue weighted by Gasteiger charge is 2.15. The Morgan fingerprint density at radius 2 is 2.06 bits per heavy atom. The van der Waals surface area contributed by atoms with Crippen LogP contribution in [0, 0.1) is 0 Å². The van der Waals surface area contributed by atoms with Gasteiger partial charge in [-0.2, -0.15) is 0 Å². The van der Waals surface area contributed by atoms with Gasteiger partial charge < -0.3 is 10.1 Å². The van der Waals surface area contributed by atoms with Crippen molar-refractivity contribution in [2.75, 3.05) is 5.75 Å². The largest absolute Gasteiger partial charge is 0.478 e. The average Bonchev–Trinajstić information content (AvgIpc) is 2.26. The Balaban J connectivity index is 2.78. The van der Waals surface area contributed by atoms with Crippen molar-refractivity contribution in [3.63, 3.8) is 0 Å². The number of hydrogen-bond donors (Lipinski definition) is 2. The van der Waals surface area contributed by atoms with Crippen molar-refractivity contribution >= 4 is 22.7 Å². The second-order valence-corrected chi connectivity index (χ2v) is 6.42. The highest BCUT2D eigenvalue weighted by molar-refractivity contribution is 7.90. The lowest BCUT2D eigenvalue weighted by atomic mass is 9.69. The first-order valence-electron chi connectivity index (χ1n) is 5.51. The van der Waals surface area contributed by atoms with E-state index in [1.807, 2.05) is 0 Å². The molecule has 18 heavy (non-hydrogen) atoms. The minimum absolute atomic E-state index is 0.0678. The molecular weight excluding hydrogens is 255 g/mol. The van der Waals surface area contributed by atoms with Crippen molar-refractivity contribution in [2.24, 2.45) is 0 Å². The molecule has 2 N–H and O–H groups in total. The summed E-state index contributed by atoms with van der Waals surface area (Å²) in [7, 11) is -3.33. The molecule has 0 aromatic heterocycles. The van der Waals surface area contributed by atoms with Crippen LogP contribution in [0.15, 0.2) is 24.3 Å². The Morgan fingerprint density at radius 3 is 2.61 bits per heavy atom. The molecule has 0 atom stereocenters. The zero-order chi connectivity index (χ0) is 13.8. The van der Waals surface area contributed by atoms with E-state index in [1.54, 1.807) is 6.07 Å². The number of carboxylic acids is 1. The fraction of sp³-hybridized carbons (Fsp3) is 0.364. The molecule has 0 radical (unpaired) electrons. The third-order valence-corrected chi connectivity index (χ3v) is 4.04. The van der Waals surface area contributed by atoms with Gasteiger partial charge in [-0.1, -0.05) is 19.0 Å². The smallest absolute Gasteiger partial charge is 0.335 e. The van der Waals surface area contributed by atoms with Crippen molar-refractivity contribution in [3.8, 4) is 0 Å². The quantitative estimate of drug-likeness (QED) is 0.750. The van der Waals surface area contributed by atoms with Crippen LogP contribution in [0.1, 0.15) is 15.9 Å². The third kappa shape index (κ3) is 4.89. The highest BCUT2D eigenvalue weighted by atomic mass is 32.2. The normalized spacial score (nSPS) is 11.2. The van der Waals surface area contributed by atoms with Gasteiger partial charge in [0, 0.05) is 5.75 Å². The summed E-state index contributed by atoms with van der Waals surface area (Å²) in [6, 6.07) is 5.85. The zero-order valence-corrected chi connectivity index (χ0v) is 10.9. The van der Waals surface area contributed by atoms with E-state index in [0.29, 0.717) is 5.56 Å². The molecule has 0 heterocycles. The molecule has 0 unspecified atom stereocenters. The summed E-state index contributed by atoms with van der Waals surface area (Å²) in [6.07, 6.45) is 0.182. The molecule has 0 saturated carbocycles. The van der Waals surface area contributed by atoms with E-state index < -0.39 is 22.7 Å². The van der Waals surface area contributed by atoms with Gasteiger partial charge >= 0.3 is 5.97 Å². The summed E-state index contributed by atoms with van der Waals surface area (Å²) in [5, 5.41) is 17.9. The van der Waals surface area contributed by atoms with E-state index in [-0.39, 0.29) is 23.4 Å². The van der Waals surface area contributed by atoms with Gasteiger partial charge in [0.2, 0.25) is 0 Å². The molecule has 1 aromatic rings. The van der Waals surface area contributed by atoms with Crippen LogP contribution in [-0.4, -0.2) is 37.2 Å². The Bertz CT molecular complexity index is 524. The van der Waals surface area contributed by atoms with Crippen molar-refractivity contribution in [3.05, 3.63) is 35.4 Å². The van der Waals surface area contributed by atoms with Crippen molar-refractivity contribution in [2.45, 2.75) is 18.9 Å². The van der Waals surface area contributed by atoms with Crippen LogP contribution in [0.2, 0.25) is 13.1 Å². The van der Waals surface area contributed by atoms with Crippen LogP contribution in [0.4, 0.5) is 0 Å². The molecule has 0 aliphatic carbocycles. The van der Waals surface area contributed by atoms with E-state index in [2.05, 4.69) is 0 Å². The summed E-state index contributed by atoms with van der Waals surface area (Å²) in [5.74, 6) is -1.40. The van der Waals surface area contributed by atoms with Crippen molar-refractivity contribution in [1.29, 1.82) is 0 Å². The van der Waals surface area contributed by atoms with Crippen molar-refractivity contribution in [1.82, 2.24) is 0 Å². The second-order valence-electron chi connectivity index (χ2n) is 4.24. The average molecular weight is 270 g/mol. The second kappa shape index (κ2) is 6.02. The first-order valence-corrected chi connectivity index (χ1v) is 7.33. The molecule has 0 amide bonds. The first kappa shape index (κ1) is 14.7. The van der Waals surface area contributed by atoms with E-state index >= 15 is 0 Å². The van der Waals surface area contributed by atoms with Crippen LogP contribution in [0.25, 0.3) is 0 Å². The summed E-state index contributed by atoms with van der Waals surface area (Å²) in [5.41, 5.74) is 0.513. The lowest BCUT2D eigenvalue weighted by Gasteiger charge is -2.05. The topological polar surface area (TPSA) is 91.7 Å². The minimum atomic E-state index is -3.33. The van der Waals surface area contributed by atoms with Crippen LogP contribution in [-0.2, 0) is 15.6 Å². The molecular formula is C11H15BO5S. The van der Waals surface area contributed by atoms with Crippen LogP contribution < -0.4 is 0 Å². The molecule has 0 aliphatic heterocycles. The van der Waals surface area contributed by atoms with E-state index in [1.165, 1.54) is 25.0 Å². The molecule has 7 heteroatoms. The number of benzene rings is 1. The minimum Gasteiger partial charge on any atom is -0.478 e. The summed E-state index contributed by atoms with van der Waals surface area (Å²) in [6.45, 7) is 0.866. The summed E-state index contributed by atoms with van der Waals surface area (Å²) < 4.78 is 23.5. The first-order chi connectivity index (χ1) is 8.30. The summed E-state index contributed by atoms with van der Waals surface area (Å²) in [4.78, 5) is 10.8. The molecule has 0 spiro atoms. The standard InChI is InChI=1S/C11H15BO5S/c1-12(15)5-6-18(16,17)8-9-3-2-4-10(7-9)11(13)14/h2-4,7,15H,5-6,8H2,1H3,(H,13,14). The Morgan fingerprint density at radius 1 is 1.39 bits per heavy atom. The van der Waals surface area contributed by atoms with E-state index in [9.17, 15) is 13.2 Å². The Kier molecular flexibility index (Phi) is 4.92. The van der Waals surface area contributed by atoms with Crippen LogP contribution in [0.5, 0.6) is 0 Å². The molecule has 0 fully saturated rings. The van der Waals surface area contributed by atoms with Gasteiger partial charge in [0.05, 0.1) is 11.3 Å². The lowest BCUT2D eigenvalue weighted by Crippen LogP contribution is -2.16. The number of rotatable bonds is 6. The highest BCUT2D eigenvalue weighted by Crippen LogP contribution is 2.11. The number of carboxylic acid groups (broad SMARTS) is 1. The van der Waals surface area contributed by atoms with E-state index in [0.717, 1.165) is 0 Å². The number of sulfone groups is 1. The SMILES string of the molecule is CB(O)CCS(=O)(=O)Cc1cccc(C(=O)O)c1. The van der Waals surface area contributed by atoms with Gasteiger partial charge in [-0.15, -0.1) is 0 Å². The predicted octanol–water partition coefficient (Wildman–Crippen LogP) is 0.913. The van der Waals surface area contributed by atoms with Crippen molar-refractivity contribution < 1.29 is 23.3 Å². The molecule has 5 nitrogen and oxygen atoms in total.